The van der Waals surface area contributed by atoms with Crippen LogP contribution in [0, 0.1) is 0 Å². The Kier molecular flexibility index (Phi) is 5.96. The first-order chi connectivity index (χ1) is 8.53. The molecule has 0 amide bonds. The number of sulfone groups is 1. The van der Waals surface area contributed by atoms with Crippen LogP contribution in [0.1, 0.15) is 19.8 Å². The van der Waals surface area contributed by atoms with Crippen LogP contribution in [0.5, 0.6) is 0 Å². The zero-order chi connectivity index (χ0) is 13.6. The van der Waals surface area contributed by atoms with E-state index in [2.05, 4.69) is 0 Å². The SMILES string of the molecule is CCCS(=O)(=O)c1ccccc1N(C)CCCCl. The van der Waals surface area contributed by atoms with Gasteiger partial charge < -0.3 is 4.90 Å². The fourth-order valence-corrected chi connectivity index (χ4v) is 3.54. The van der Waals surface area contributed by atoms with Gasteiger partial charge in [0.25, 0.3) is 0 Å². The van der Waals surface area contributed by atoms with Gasteiger partial charge in [-0.25, -0.2) is 8.42 Å². The highest BCUT2D eigenvalue weighted by molar-refractivity contribution is 7.91. The van der Waals surface area contributed by atoms with Crippen molar-refractivity contribution in [2.24, 2.45) is 0 Å². The number of hydrogen-bond donors (Lipinski definition) is 0. The molecule has 0 saturated heterocycles. The molecule has 1 aromatic carbocycles. The van der Waals surface area contributed by atoms with Gasteiger partial charge >= 0.3 is 0 Å². The normalized spacial score (nSPS) is 11.5. The van der Waals surface area contributed by atoms with Crippen molar-refractivity contribution in [2.75, 3.05) is 30.1 Å². The number of hydrogen-bond acceptors (Lipinski definition) is 3. The Morgan fingerprint density at radius 2 is 1.94 bits per heavy atom. The van der Waals surface area contributed by atoms with E-state index in [0.29, 0.717) is 17.2 Å². The summed E-state index contributed by atoms with van der Waals surface area (Å²) in [4.78, 5) is 2.37. The molecule has 0 radical (unpaired) electrons. The molecule has 0 aliphatic heterocycles. The summed E-state index contributed by atoms with van der Waals surface area (Å²) in [5, 5.41) is 0. The summed E-state index contributed by atoms with van der Waals surface area (Å²) < 4.78 is 24.4. The van der Waals surface area contributed by atoms with E-state index in [1.54, 1.807) is 12.1 Å². The fraction of sp³-hybridized carbons (Fsp3) is 0.538. The lowest BCUT2D eigenvalue weighted by Gasteiger charge is -2.21. The lowest BCUT2D eigenvalue weighted by atomic mass is 10.3. The Morgan fingerprint density at radius 1 is 1.28 bits per heavy atom. The van der Waals surface area contributed by atoms with Gasteiger partial charge in [-0.05, 0) is 25.0 Å². The first-order valence-corrected chi connectivity index (χ1v) is 8.30. The molecular formula is C13H20ClNO2S. The molecule has 1 rings (SSSR count). The van der Waals surface area contributed by atoms with Crippen LogP contribution in [0.25, 0.3) is 0 Å². The van der Waals surface area contributed by atoms with Crippen molar-refractivity contribution in [1.29, 1.82) is 0 Å². The van der Waals surface area contributed by atoms with E-state index in [9.17, 15) is 8.42 Å². The molecule has 0 fully saturated rings. The van der Waals surface area contributed by atoms with Gasteiger partial charge in [-0.15, -0.1) is 11.6 Å². The first kappa shape index (κ1) is 15.3. The Bertz CT molecular complexity index is 474. The van der Waals surface area contributed by atoms with Crippen molar-refractivity contribution in [1.82, 2.24) is 0 Å². The maximum absolute atomic E-state index is 12.2. The summed E-state index contributed by atoms with van der Waals surface area (Å²) in [6.07, 6.45) is 1.46. The third-order valence-corrected chi connectivity index (χ3v) is 4.94. The third kappa shape index (κ3) is 3.89. The number of anilines is 1. The highest BCUT2D eigenvalue weighted by atomic mass is 35.5. The van der Waals surface area contributed by atoms with E-state index in [1.165, 1.54) is 0 Å². The van der Waals surface area contributed by atoms with Crippen LogP contribution >= 0.6 is 11.6 Å². The maximum atomic E-state index is 12.2. The number of nitrogens with zero attached hydrogens (tertiary/aromatic N) is 1. The monoisotopic (exact) mass is 289 g/mol. The van der Waals surface area contributed by atoms with Crippen molar-refractivity contribution < 1.29 is 8.42 Å². The molecule has 3 nitrogen and oxygen atoms in total. The van der Waals surface area contributed by atoms with Gasteiger partial charge in [0.05, 0.1) is 16.3 Å². The second-order valence-corrected chi connectivity index (χ2v) is 6.71. The summed E-state index contributed by atoms with van der Waals surface area (Å²) in [7, 11) is -1.29. The summed E-state index contributed by atoms with van der Waals surface area (Å²) >= 11 is 5.67. The van der Waals surface area contributed by atoms with Crippen LogP contribution in [-0.2, 0) is 9.84 Å². The molecule has 5 heteroatoms. The van der Waals surface area contributed by atoms with E-state index in [1.807, 2.05) is 31.0 Å². The van der Waals surface area contributed by atoms with Gasteiger partial charge in [-0.3, -0.25) is 0 Å². The second kappa shape index (κ2) is 7.00. The molecule has 0 spiro atoms. The van der Waals surface area contributed by atoms with Gasteiger partial charge in [0.1, 0.15) is 0 Å². The number of alkyl halides is 1. The van der Waals surface area contributed by atoms with Crippen LogP contribution in [0.2, 0.25) is 0 Å². The molecule has 0 N–H and O–H groups in total. The molecule has 0 atom stereocenters. The number of para-hydroxylation sites is 1. The molecule has 102 valence electrons. The lowest BCUT2D eigenvalue weighted by molar-refractivity contribution is 0.594. The molecule has 0 unspecified atom stereocenters. The summed E-state index contributed by atoms with van der Waals surface area (Å²) in [6, 6.07) is 7.15. The quantitative estimate of drug-likeness (QED) is 0.724. The van der Waals surface area contributed by atoms with Gasteiger partial charge in [-0.1, -0.05) is 19.1 Å². The van der Waals surface area contributed by atoms with E-state index < -0.39 is 9.84 Å². The largest absolute Gasteiger partial charge is 0.374 e. The van der Waals surface area contributed by atoms with Gasteiger partial charge in [-0.2, -0.15) is 0 Å². The van der Waals surface area contributed by atoms with Crippen LogP contribution < -0.4 is 4.90 Å². The average Bonchev–Trinajstić information content (AvgIpc) is 2.36. The van der Waals surface area contributed by atoms with Crippen molar-refractivity contribution >= 4 is 27.1 Å². The predicted molar refractivity (Wildman–Crippen MR) is 77.4 cm³/mol. The van der Waals surface area contributed by atoms with Crippen LogP contribution in [0.3, 0.4) is 0 Å². The Balaban J connectivity index is 3.06. The highest BCUT2D eigenvalue weighted by Gasteiger charge is 2.19. The molecule has 0 saturated carbocycles. The standard InChI is InChI=1S/C13H20ClNO2S/c1-3-11-18(16,17)13-8-5-4-7-12(13)15(2)10-6-9-14/h4-5,7-8H,3,6,9-11H2,1-2H3. The summed E-state index contributed by atoms with van der Waals surface area (Å²) in [6.45, 7) is 2.62. The van der Waals surface area contributed by atoms with Crippen molar-refractivity contribution in [3.05, 3.63) is 24.3 Å². The van der Waals surface area contributed by atoms with E-state index in [4.69, 9.17) is 11.6 Å². The Labute approximate surface area is 115 Å². The molecule has 1 aromatic rings. The molecule has 0 heterocycles. The zero-order valence-electron chi connectivity index (χ0n) is 10.9. The fourth-order valence-electron chi connectivity index (χ4n) is 1.83. The molecule has 0 aliphatic rings. The van der Waals surface area contributed by atoms with Crippen LogP contribution in [0.4, 0.5) is 5.69 Å². The molecular weight excluding hydrogens is 270 g/mol. The molecule has 0 bridgehead atoms. The van der Waals surface area contributed by atoms with Crippen LogP contribution in [0.15, 0.2) is 29.2 Å². The van der Waals surface area contributed by atoms with Crippen molar-refractivity contribution in [3.8, 4) is 0 Å². The predicted octanol–water partition coefficient (Wildman–Crippen LogP) is 2.94. The summed E-state index contributed by atoms with van der Waals surface area (Å²) in [5.41, 5.74) is 0.760. The molecule has 18 heavy (non-hydrogen) atoms. The Hall–Kier alpha value is -0.740. The highest BCUT2D eigenvalue weighted by Crippen LogP contribution is 2.25. The molecule has 0 aliphatic carbocycles. The minimum Gasteiger partial charge on any atom is -0.374 e. The smallest absolute Gasteiger partial charge is 0.180 e. The number of rotatable bonds is 7. The van der Waals surface area contributed by atoms with Crippen LogP contribution in [-0.4, -0.2) is 33.6 Å². The van der Waals surface area contributed by atoms with Gasteiger partial charge in [0, 0.05) is 19.5 Å². The Morgan fingerprint density at radius 3 is 2.56 bits per heavy atom. The maximum Gasteiger partial charge on any atom is 0.180 e. The average molecular weight is 290 g/mol. The van der Waals surface area contributed by atoms with E-state index >= 15 is 0 Å². The minimum atomic E-state index is -3.19. The number of halogens is 1. The summed E-state index contributed by atoms with van der Waals surface area (Å²) in [5.74, 6) is 0.765. The van der Waals surface area contributed by atoms with Crippen molar-refractivity contribution in [3.63, 3.8) is 0 Å². The first-order valence-electron chi connectivity index (χ1n) is 6.11. The van der Waals surface area contributed by atoms with Crippen molar-refractivity contribution in [2.45, 2.75) is 24.7 Å². The topological polar surface area (TPSA) is 37.4 Å². The molecule has 0 aromatic heterocycles. The van der Waals surface area contributed by atoms with E-state index in [-0.39, 0.29) is 5.75 Å². The number of benzene rings is 1. The zero-order valence-corrected chi connectivity index (χ0v) is 12.5. The third-order valence-electron chi connectivity index (χ3n) is 2.71. The van der Waals surface area contributed by atoms with E-state index in [0.717, 1.165) is 18.7 Å². The van der Waals surface area contributed by atoms with Gasteiger partial charge in [0.2, 0.25) is 0 Å². The lowest BCUT2D eigenvalue weighted by Crippen LogP contribution is -2.22. The second-order valence-electron chi connectivity index (χ2n) is 4.25. The minimum absolute atomic E-state index is 0.188. The van der Waals surface area contributed by atoms with Gasteiger partial charge in [0.15, 0.2) is 9.84 Å².